The third kappa shape index (κ3) is 3.29. The van der Waals surface area contributed by atoms with Crippen LogP contribution in [0.3, 0.4) is 0 Å². The number of carbonyl (C=O) groups is 1. The monoisotopic (exact) mass is 360 g/mol. The fourth-order valence-electron chi connectivity index (χ4n) is 3.83. The van der Waals surface area contributed by atoms with Crippen LogP contribution in [0.25, 0.3) is 22.2 Å². The summed E-state index contributed by atoms with van der Waals surface area (Å²) in [6, 6.07) is 5.99. The van der Waals surface area contributed by atoms with Gasteiger partial charge in [0.1, 0.15) is 6.33 Å². The molecule has 1 amide bonds. The number of aromatic nitrogens is 3. The van der Waals surface area contributed by atoms with Gasteiger partial charge in [0.05, 0.1) is 16.8 Å². The average molecular weight is 360 g/mol. The Morgan fingerprint density at radius 3 is 2.70 bits per heavy atom. The molecule has 2 aromatic heterocycles. The summed E-state index contributed by atoms with van der Waals surface area (Å²) in [6.07, 6.45) is 7.23. The minimum atomic E-state index is 0.0929. The summed E-state index contributed by atoms with van der Waals surface area (Å²) in [5.41, 5.74) is 5.43. The topological polar surface area (TPSA) is 59.0 Å². The first-order chi connectivity index (χ1) is 13.0. The molecule has 0 radical (unpaired) electrons. The van der Waals surface area contributed by atoms with Gasteiger partial charge in [-0.1, -0.05) is 19.1 Å². The highest BCUT2D eigenvalue weighted by Gasteiger charge is 2.25. The maximum absolute atomic E-state index is 13.4. The SMILES string of the molecule is Cc1ccc2c(C(=O)N3CCC[C@H](C)C3)cc(-c3cncnc3)nc2c1C. The quantitative estimate of drug-likeness (QED) is 0.688. The number of pyridine rings is 1. The maximum Gasteiger partial charge on any atom is 0.254 e. The molecule has 5 nitrogen and oxygen atoms in total. The number of hydrogen-bond acceptors (Lipinski definition) is 4. The van der Waals surface area contributed by atoms with Gasteiger partial charge in [0.2, 0.25) is 0 Å². The molecule has 1 atom stereocenters. The van der Waals surface area contributed by atoms with Crippen LogP contribution < -0.4 is 0 Å². The molecule has 0 saturated carbocycles. The molecule has 0 N–H and O–H groups in total. The first-order valence-corrected chi connectivity index (χ1v) is 9.50. The van der Waals surface area contributed by atoms with Gasteiger partial charge in [-0.15, -0.1) is 0 Å². The number of aryl methyl sites for hydroxylation is 2. The Morgan fingerprint density at radius 2 is 1.96 bits per heavy atom. The summed E-state index contributed by atoms with van der Waals surface area (Å²) >= 11 is 0. The molecule has 0 unspecified atom stereocenters. The lowest BCUT2D eigenvalue weighted by molar-refractivity contribution is 0.0685. The first-order valence-electron chi connectivity index (χ1n) is 9.50. The van der Waals surface area contributed by atoms with E-state index < -0.39 is 0 Å². The van der Waals surface area contributed by atoms with Gasteiger partial charge in [0.15, 0.2) is 0 Å². The summed E-state index contributed by atoms with van der Waals surface area (Å²) in [6.45, 7) is 7.99. The van der Waals surface area contributed by atoms with Crippen LogP contribution in [0.5, 0.6) is 0 Å². The molecule has 1 fully saturated rings. The Kier molecular flexibility index (Phi) is 4.60. The average Bonchev–Trinajstić information content (AvgIpc) is 2.70. The van der Waals surface area contributed by atoms with Crippen molar-refractivity contribution in [1.82, 2.24) is 19.9 Å². The highest BCUT2D eigenvalue weighted by Crippen LogP contribution is 2.29. The summed E-state index contributed by atoms with van der Waals surface area (Å²) < 4.78 is 0. The standard InChI is InChI=1S/C22H24N4O/c1-14-5-4-8-26(12-14)22(27)19-9-20(17-10-23-13-24-11-17)25-21-16(3)15(2)6-7-18(19)21/h6-7,9-11,13-14H,4-5,8,12H2,1-3H3/t14-/m0/s1. The second-order valence-electron chi connectivity index (χ2n) is 7.58. The van der Waals surface area contributed by atoms with Gasteiger partial charge in [0.25, 0.3) is 5.91 Å². The molecular weight excluding hydrogens is 336 g/mol. The number of benzene rings is 1. The predicted octanol–water partition coefficient (Wildman–Crippen LogP) is 4.18. The third-order valence-electron chi connectivity index (χ3n) is 5.54. The number of rotatable bonds is 2. The van der Waals surface area contributed by atoms with Crippen molar-refractivity contribution in [2.24, 2.45) is 5.92 Å². The number of amides is 1. The van der Waals surface area contributed by atoms with Crippen molar-refractivity contribution < 1.29 is 4.79 Å². The van der Waals surface area contributed by atoms with E-state index >= 15 is 0 Å². The zero-order valence-electron chi connectivity index (χ0n) is 16.1. The fraction of sp³-hybridized carbons (Fsp3) is 0.364. The van der Waals surface area contributed by atoms with Gasteiger partial charge in [0, 0.05) is 36.4 Å². The van der Waals surface area contributed by atoms with Crippen LogP contribution in [0, 0.1) is 19.8 Å². The number of hydrogen-bond donors (Lipinski definition) is 0. The number of fused-ring (bicyclic) bond motifs is 1. The molecule has 3 aromatic rings. The summed E-state index contributed by atoms with van der Waals surface area (Å²) in [5, 5.41) is 0.918. The second-order valence-corrected chi connectivity index (χ2v) is 7.58. The van der Waals surface area contributed by atoms with Gasteiger partial charge in [-0.05, 0) is 49.8 Å². The third-order valence-corrected chi connectivity index (χ3v) is 5.54. The van der Waals surface area contributed by atoms with E-state index in [1.54, 1.807) is 12.4 Å². The van der Waals surface area contributed by atoms with Crippen LogP contribution in [0.2, 0.25) is 0 Å². The van der Waals surface area contributed by atoms with Crippen molar-refractivity contribution >= 4 is 16.8 Å². The lowest BCUT2D eigenvalue weighted by Crippen LogP contribution is -2.39. The summed E-state index contributed by atoms with van der Waals surface area (Å²) in [7, 11) is 0. The molecule has 27 heavy (non-hydrogen) atoms. The van der Waals surface area contributed by atoms with E-state index in [4.69, 9.17) is 4.98 Å². The normalized spacial score (nSPS) is 17.3. The Labute approximate surface area is 159 Å². The Morgan fingerprint density at radius 1 is 1.19 bits per heavy atom. The van der Waals surface area contributed by atoms with Gasteiger partial charge in [-0.2, -0.15) is 0 Å². The molecule has 4 rings (SSSR count). The molecule has 0 bridgehead atoms. The number of carbonyl (C=O) groups excluding carboxylic acids is 1. The van der Waals surface area contributed by atoms with Crippen molar-refractivity contribution in [2.75, 3.05) is 13.1 Å². The van der Waals surface area contributed by atoms with Crippen molar-refractivity contribution in [3.63, 3.8) is 0 Å². The van der Waals surface area contributed by atoms with Gasteiger partial charge >= 0.3 is 0 Å². The zero-order chi connectivity index (χ0) is 19.0. The summed E-state index contributed by atoms with van der Waals surface area (Å²) in [5.74, 6) is 0.636. The second kappa shape index (κ2) is 7.06. The van der Waals surface area contributed by atoms with E-state index in [9.17, 15) is 4.79 Å². The molecular formula is C22H24N4O. The van der Waals surface area contributed by atoms with Crippen molar-refractivity contribution in [3.8, 4) is 11.3 Å². The van der Waals surface area contributed by atoms with E-state index in [-0.39, 0.29) is 5.91 Å². The molecule has 1 aliphatic heterocycles. The lowest BCUT2D eigenvalue weighted by atomic mass is 9.96. The minimum absolute atomic E-state index is 0.0929. The Balaban J connectivity index is 1.90. The minimum Gasteiger partial charge on any atom is -0.338 e. The molecule has 1 aliphatic rings. The zero-order valence-corrected chi connectivity index (χ0v) is 16.1. The highest BCUT2D eigenvalue weighted by molar-refractivity contribution is 6.08. The van der Waals surface area contributed by atoms with Crippen molar-refractivity contribution in [2.45, 2.75) is 33.6 Å². The van der Waals surface area contributed by atoms with Crippen LogP contribution in [0.4, 0.5) is 0 Å². The number of piperidine rings is 1. The van der Waals surface area contributed by atoms with E-state index in [2.05, 4.69) is 36.8 Å². The summed E-state index contributed by atoms with van der Waals surface area (Å²) in [4.78, 5) is 28.5. The van der Waals surface area contributed by atoms with E-state index in [1.165, 1.54) is 18.3 Å². The molecule has 0 spiro atoms. The van der Waals surface area contributed by atoms with Crippen LogP contribution in [0.15, 0.2) is 36.9 Å². The molecule has 5 heteroatoms. The molecule has 0 aliphatic carbocycles. The van der Waals surface area contributed by atoms with Gasteiger partial charge in [-0.3, -0.25) is 4.79 Å². The molecule has 3 heterocycles. The van der Waals surface area contributed by atoms with Crippen molar-refractivity contribution in [1.29, 1.82) is 0 Å². The van der Waals surface area contributed by atoms with E-state index in [0.717, 1.165) is 52.8 Å². The molecule has 138 valence electrons. The molecule has 1 aromatic carbocycles. The van der Waals surface area contributed by atoms with E-state index in [0.29, 0.717) is 5.92 Å². The lowest BCUT2D eigenvalue weighted by Gasteiger charge is -2.31. The molecule has 1 saturated heterocycles. The Hall–Kier alpha value is -2.82. The predicted molar refractivity (Wildman–Crippen MR) is 107 cm³/mol. The fourth-order valence-corrected chi connectivity index (χ4v) is 3.83. The largest absolute Gasteiger partial charge is 0.338 e. The maximum atomic E-state index is 13.4. The smallest absolute Gasteiger partial charge is 0.254 e. The van der Waals surface area contributed by atoms with Crippen LogP contribution >= 0.6 is 0 Å². The Bertz CT molecular complexity index is 1000. The van der Waals surface area contributed by atoms with Gasteiger partial charge in [-0.25, -0.2) is 15.0 Å². The highest BCUT2D eigenvalue weighted by atomic mass is 16.2. The number of nitrogens with zero attached hydrogens (tertiary/aromatic N) is 4. The van der Waals surface area contributed by atoms with Crippen LogP contribution in [-0.4, -0.2) is 38.8 Å². The van der Waals surface area contributed by atoms with Crippen molar-refractivity contribution in [3.05, 3.63) is 53.6 Å². The van der Waals surface area contributed by atoms with Crippen LogP contribution in [-0.2, 0) is 0 Å². The van der Waals surface area contributed by atoms with Crippen LogP contribution in [0.1, 0.15) is 41.3 Å². The van der Waals surface area contributed by atoms with Gasteiger partial charge < -0.3 is 4.90 Å². The first kappa shape index (κ1) is 17.6. The van der Waals surface area contributed by atoms with E-state index in [1.807, 2.05) is 17.0 Å². The number of likely N-dealkylation sites (tertiary alicyclic amines) is 1.